The maximum absolute atomic E-state index is 10.6. The third kappa shape index (κ3) is 7.10. The number of methoxy groups -OCH3 is 1. The third-order valence-electron chi connectivity index (χ3n) is 1.36. The third-order valence-corrected chi connectivity index (χ3v) is 1.36. The number of hydrogen-bond donors (Lipinski definition) is 0. The summed E-state index contributed by atoms with van der Waals surface area (Å²) in [5.41, 5.74) is 0. The molecule has 0 rings (SSSR count). The zero-order valence-electron chi connectivity index (χ0n) is 7.30. The van der Waals surface area contributed by atoms with Crippen molar-refractivity contribution in [2.75, 3.05) is 7.11 Å². The zero-order valence-corrected chi connectivity index (χ0v) is 7.30. The zero-order chi connectivity index (χ0) is 8.53. The van der Waals surface area contributed by atoms with Gasteiger partial charge in [0.2, 0.25) is 0 Å². The normalized spacial score (nSPS) is 10.4. The number of allylic oxidation sites excluding steroid dienone is 2. The van der Waals surface area contributed by atoms with E-state index in [1.807, 2.05) is 6.08 Å². The fourth-order valence-electron chi connectivity index (χ4n) is 0.706. The van der Waals surface area contributed by atoms with Crippen molar-refractivity contribution in [3.05, 3.63) is 12.2 Å². The van der Waals surface area contributed by atoms with E-state index in [9.17, 15) is 4.79 Å². The SMILES string of the molecule is CCC/C=C/CCC(=O)OC. The van der Waals surface area contributed by atoms with Gasteiger partial charge in [-0.25, -0.2) is 0 Å². The molecule has 0 aromatic heterocycles. The lowest BCUT2D eigenvalue weighted by Crippen LogP contribution is -1.97. The number of carbonyl (C=O) groups excluding carboxylic acids is 1. The van der Waals surface area contributed by atoms with E-state index in [0.29, 0.717) is 6.42 Å². The molecule has 0 radical (unpaired) electrons. The molecular formula is C9H16O2. The molecule has 0 heterocycles. The molecule has 0 fully saturated rings. The number of hydrogen-bond acceptors (Lipinski definition) is 2. The maximum Gasteiger partial charge on any atom is 0.305 e. The predicted octanol–water partition coefficient (Wildman–Crippen LogP) is 2.30. The second kappa shape index (κ2) is 7.32. The van der Waals surface area contributed by atoms with E-state index >= 15 is 0 Å². The summed E-state index contributed by atoms with van der Waals surface area (Å²) in [6.07, 6.45) is 7.68. The van der Waals surface area contributed by atoms with E-state index in [1.165, 1.54) is 7.11 Å². The van der Waals surface area contributed by atoms with Crippen molar-refractivity contribution in [3.63, 3.8) is 0 Å². The first-order valence-electron chi connectivity index (χ1n) is 4.03. The van der Waals surface area contributed by atoms with E-state index in [-0.39, 0.29) is 5.97 Å². The van der Waals surface area contributed by atoms with Crippen LogP contribution in [0.4, 0.5) is 0 Å². The second-order valence-corrected chi connectivity index (χ2v) is 2.37. The number of esters is 1. The minimum Gasteiger partial charge on any atom is -0.469 e. The van der Waals surface area contributed by atoms with Gasteiger partial charge in [0.25, 0.3) is 0 Å². The smallest absolute Gasteiger partial charge is 0.305 e. The molecule has 0 bridgehead atoms. The number of unbranched alkanes of at least 4 members (excludes halogenated alkanes) is 1. The Morgan fingerprint density at radius 3 is 2.55 bits per heavy atom. The minimum atomic E-state index is -0.133. The molecule has 0 aromatic carbocycles. The van der Waals surface area contributed by atoms with Crippen molar-refractivity contribution in [1.82, 2.24) is 0 Å². The van der Waals surface area contributed by atoms with Gasteiger partial charge in [0.1, 0.15) is 0 Å². The summed E-state index contributed by atoms with van der Waals surface area (Å²) in [6, 6.07) is 0. The lowest BCUT2D eigenvalue weighted by molar-refractivity contribution is -0.140. The lowest BCUT2D eigenvalue weighted by Gasteiger charge is -1.93. The van der Waals surface area contributed by atoms with Gasteiger partial charge in [-0.15, -0.1) is 0 Å². The van der Waals surface area contributed by atoms with Crippen LogP contribution in [-0.2, 0) is 9.53 Å². The van der Waals surface area contributed by atoms with Crippen LogP contribution in [0, 0.1) is 0 Å². The van der Waals surface area contributed by atoms with Gasteiger partial charge < -0.3 is 4.74 Å². The van der Waals surface area contributed by atoms with Crippen LogP contribution < -0.4 is 0 Å². The number of ether oxygens (including phenoxy) is 1. The Morgan fingerprint density at radius 2 is 2.00 bits per heavy atom. The van der Waals surface area contributed by atoms with E-state index in [0.717, 1.165) is 19.3 Å². The number of rotatable bonds is 5. The summed E-state index contributed by atoms with van der Waals surface area (Å²) in [4.78, 5) is 10.6. The molecule has 0 aliphatic rings. The van der Waals surface area contributed by atoms with E-state index < -0.39 is 0 Å². The Morgan fingerprint density at radius 1 is 1.36 bits per heavy atom. The van der Waals surface area contributed by atoms with Crippen molar-refractivity contribution >= 4 is 5.97 Å². The van der Waals surface area contributed by atoms with Crippen LogP contribution in [0.2, 0.25) is 0 Å². The largest absolute Gasteiger partial charge is 0.469 e. The van der Waals surface area contributed by atoms with Gasteiger partial charge in [-0.2, -0.15) is 0 Å². The van der Waals surface area contributed by atoms with Crippen molar-refractivity contribution in [3.8, 4) is 0 Å². The van der Waals surface area contributed by atoms with E-state index in [1.54, 1.807) is 0 Å². The highest BCUT2D eigenvalue weighted by Gasteiger charge is 1.94. The summed E-state index contributed by atoms with van der Waals surface area (Å²) in [7, 11) is 1.41. The first kappa shape index (κ1) is 10.2. The summed E-state index contributed by atoms with van der Waals surface area (Å²) in [6.45, 7) is 2.13. The molecule has 0 unspecified atom stereocenters. The lowest BCUT2D eigenvalue weighted by atomic mass is 10.2. The van der Waals surface area contributed by atoms with Crippen LogP contribution >= 0.6 is 0 Å². The average molecular weight is 156 g/mol. The topological polar surface area (TPSA) is 26.3 Å². The first-order valence-corrected chi connectivity index (χ1v) is 4.03. The van der Waals surface area contributed by atoms with Gasteiger partial charge in [0, 0.05) is 6.42 Å². The molecule has 64 valence electrons. The minimum absolute atomic E-state index is 0.133. The molecule has 0 atom stereocenters. The van der Waals surface area contributed by atoms with Crippen molar-refractivity contribution < 1.29 is 9.53 Å². The Kier molecular flexibility index (Phi) is 6.79. The Hall–Kier alpha value is -0.790. The van der Waals surface area contributed by atoms with Crippen LogP contribution in [0.25, 0.3) is 0 Å². The van der Waals surface area contributed by atoms with Gasteiger partial charge in [0.15, 0.2) is 0 Å². The van der Waals surface area contributed by atoms with Crippen LogP contribution in [0.5, 0.6) is 0 Å². The molecule has 0 aromatic rings. The quantitative estimate of drug-likeness (QED) is 0.451. The summed E-state index contributed by atoms with van der Waals surface area (Å²) in [5.74, 6) is -0.133. The van der Waals surface area contributed by atoms with Gasteiger partial charge in [0.05, 0.1) is 7.11 Å². The molecule has 2 nitrogen and oxygen atoms in total. The average Bonchev–Trinajstić information content (AvgIpc) is 2.04. The van der Waals surface area contributed by atoms with Gasteiger partial charge >= 0.3 is 5.97 Å². The molecule has 0 aliphatic carbocycles. The summed E-state index contributed by atoms with van der Waals surface area (Å²) >= 11 is 0. The molecule has 0 aliphatic heterocycles. The standard InChI is InChI=1S/C9H16O2/c1-3-4-5-6-7-8-9(10)11-2/h5-6H,3-4,7-8H2,1-2H3/b6-5+. The van der Waals surface area contributed by atoms with Gasteiger partial charge in [-0.05, 0) is 12.8 Å². The fourth-order valence-corrected chi connectivity index (χ4v) is 0.706. The Labute approximate surface area is 68.2 Å². The Balaban J connectivity index is 3.19. The predicted molar refractivity (Wildman–Crippen MR) is 45.3 cm³/mol. The number of carbonyl (C=O) groups is 1. The molecular weight excluding hydrogens is 140 g/mol. The molecule has 0 saturated heterocycles. The van der Waals surface area contributed by atoms with Gasteiger partial charge in [-0.3, -0.25) is 4.79 Å². The monoisotopic (exact) mass is 156 g/mol. The maximum atomic E-state index is 10.6. The van der Waals surface area contributed by atoms with Crippen molar-refractivity contribution in [2.45, 2.75) is 32.6 Å². The molecule has 0 saturated carbocycles. The molecule has 0 N–H and O–H groups in total. The van der Waals surface area contributed by atoms with Crippen LogP contribution in [0.1, 0.15) is 32.6 Å². The van der Waals surface area contributed by atoms with E-state index in [2.05, 4.69) is 17.7 Å². The highest BCUT2D eigenvalue weighted by Crippen LogP contribution is 1.95. The van der Waals surface area contributed by atoms with Crippen LogP contribution in [-0.4, -0.2) is 13.1 Å². The summed E-state index contributed by atoms with van der Waals surface area (Å²) in [5, 5.41) is 0. The second-order valence-electron chi connectivity index (χ2n) is 2.37. The summed E-state index contributed by atoms with van der Waals surface area (Å²) < 4.78 is 4.48. The van der Waals surface area contributed by atoms with Gasteiger partial charge in [-0.1, -0.05) is 25.5 Å². The van der Waals surface area contributed by atoms with E-state index in [4.69, 9.17) is 0 Å². The van der Waals surface area contributed by atoms with Crippen LogP contribution in [0.3, 0.4) is 0 Å². The molecule has 2 heteroatoms. The molecule has 11 heavy (non-hydrogen) atoms. The first-order chi connectivity index (χ1) is 5.31. The van der Waals surface area contributed by atoms with Crippen molar-refractivity contribution in [1.29, 1.82) is 0 Å². The molecule has 0 amide bonds. The Bertz CT molecular complexity index is 128. The highest BCUT2D eigenvalue weighted by atomic mass is 16.5. The van der Waals surface area contributed by atoms with Crippen molar-refractivity contribution in [2.24, 2.45) is 0 Å². The fraction of sp³-hybridized carbons (Fsp3) is 0.667. The van der Waals surface area contributed by atoms with Crippen LogP contribution in [0.15, 0.2) is 12.2 Å². The highest BCUT2D eigenvalue weighted by molar-refractivity contribution is 5.69. The molecule has 0 spiro atoms.